The number of aromatic carboxylic acids is 1. The number of aliphatic hydroxyl groups excluding tert-OH is 1. The van der Waals surface area contributed by atoms with Crippen LogP contribution in [-0.2, 0) is 6.18 Å². The molecule has 8 nitrogen and oxygen atoms in total. The van der Waals surface area contributed by atoms with Gasteiger partial charge in [-0.25, -0.2) is 14.8 Å². The summed E-state index contributed by atoms with van der Waals surface area (Å²) in [5, 5.41) is 20.8. The Hall–Kier alpha value is -4.22. The molecule has 1 unspecified atom stereocenters. The van der Waals surface area contributed by atoms with Crippen LogP contribution in [0.15, 0.2) is 73.1 Å². The molecule has 0 spiro atoms. The number of nitrogens with zero attached hydrogens (tertiary/aromatic N) is 2. The van der Waals surface area contributed by atoms with Gasteiger partial charge in [0.1, 0.15) is 5.69 Å². The lowest BCUT2D eigenvalue weighted by molar-refractivity contribution is -0.137. The summed E-state index contributed by atoms with van der Waals surface area (Å²) < 4.78 is 36.7. The van der Waals surface area contributed by atoms with E-state index in [4.69, 9.17) is 15.9 Å². The summed E-state index contributed by atoms with van der Waals surface area (Å²) in [7, 11) is 0. The summed E-state index contributed by atoms with van der Waals surface area (Å²) in [6.07, 6.45) is -1.03. The first-order valence-corrected chi connectivity index (χ1v) is 10.7. The number of benzene rings is 2. The van der Waals surface area contributed by atoms with Crippen molar-refractivity contribution in [2.24, 2.45) is 5.73 Å². The lowest BCUT2D eigenvalue weighted by Gasteiger charge is -2.11. The Morgan fingerprint density at radius 3 is 2.47 bits per heavy atom. The van der Waals surface area contributed by atoms with Gasteiger partial charge >= 0.3 is 12.1 Å². The third-order valence-electron chi connectivity index (χ3n) is 5.03. The van der Waals surface area contributed by atoms with Gasteiger partial charge in [0.2, 0.25) is 5.95 Å². The van der Waals surface area contributed by atoms with E-state index in [0.717, 1.165) is 23.4 Å². The monoisotopic (exact) mass is 499 g/mol. The number of aromatic amines is 1. The number of alkyl halides is 3. The molecule has 0 radical (unpaired) electrons. The molecule has 4 aromatic rings. The summed E-state index contributed by atoms with van der Waals surface area (Å²) in [4.78, 5) is 22.4. The fourth-order valence-electron chi connectivity index (χ4n) is 3.15. The van der Waals surface area contributed by atoms with E-state index in [1.165, 1.54) is 12.1 Å². The number of rotatable bonds is 6. The molecule has 188 valence electrons. The second-order valence-electron chi connectivity index (χ2n) is 7.74. The van der Waals surface area contributed by atoms with Crippen LogP contribution in [0, 0.1) is 6.92 Å². The minimum absolute atomic E-state index is 0.130. The highest BCUT2D eigenvalue weighted by molar-refractivity contribution is 5.87. The van der Waals surface area contributed by atoms with E-state index in [1.807, 2.05) is 37.3 Å². The summed E-state index contributed by atoms with van der Waals surface area (Å²) >= 11 is 0. The zero-order valence-corrected chi connectivity index (χ0v) is 19.1. The average Bonchev–Trinajstić information content (AvgIpc) is 3.36. The Bertz CT molecular complexity index is 1310. The number of hydrogen-bond donors (Lipinski definition) is 5. The predicted molar refractivity (Wildman–Crippen MR) is 129 cm³/mol. The maximum atomic E-state index is 12.2. The number of nitrogens with one attached hydrogen (secondary N) is 2. The minimum atomic E-state index is -4.37. The quantitative estimate of drug-likeness (QED) is 0.254. The van der Waals surface area contributed by atoms with Crippen molar-refractivity contribution >= 4 is 17.6 Å². The van der Waals surface area contributed by atoms with Gasteiger partial charge in [0, 0.05) is 23.6 Å². The molecule has 6 N–H and O–H groups in total. The highest BCUT2D eigenvalue weighted by atomic mass is 19.4. The molecular weight excluding hydrogens is 475 g/mol. The average molecular weight is 499 g/mol. The molecule has 2 aromatic heterocycles. The van der Waals surface area contributed by atoms with Crippen LogP contribution in [0.25, 0.3) is 11.3 Å². The number of carbonyl (C=O) groups is 1. The van der Waals surface area contributed by atoms with Crippen LogP contribution in [-0.4, -0.2) is 37.7 Å². The number of carboxylic acid groups (broad SMARTS) is 1. The van der Waals surface area contributed by atoms with Gasteiger partial charge in [-0.2, -0.15) is 13.2 Å². The van der Waals surface area contributed by atoms with Crippen LogP contribution in [0.1, 0.15) is 33.2 Å². The van der Waals surface area contributed by atoms with Gasteiger partial charge in [0.25, 0.3) is 0 Å². The number of para-hydroxylation sites is 1. The van der Waals surface area contributed by atoms with Crippen LogP contribution in [0.3, 0.4) is 0 Å². The van der Waals surface area contributed by atoms with Crippen LogP contribution in [0.2, 0.25) is 0 Å². The number of hydrogen-bond acceptors (Lipinski definition) is 6. The molecule has 0 saturated carbocycles. The van der Waals surface area contributed by atoms with Crippen molar-refractivity contribution in [3.8, 4) is 11.3 Å². The van der Waals surface area contributed by atoms with Gasteiger partial charge in [-0.1, -0.05) is 30.3 Å². The Kier molecular flexibility index (Phi) is 8.41. The van der Waals surface area contributed by atoms with Crippen molar-refractivity contribution in [3.05, 3.63) is 95.4 Å². The molecule has 0 amide bonds. The fourth-order valence-corrected chi connectivity index (χ4v) is 3.15. The van der Waals surface area contributed by atoms with Crippen molar-refractivity contribution in [2.45, 2.75) is 19.1 Å². The number of anilines is 2. The number of aliphatic hydroxyl groups is 1. The number of nitrogens with two attached hydrogens (primary N) is 1. The third kappa shape index (κ3) is 6.90. The molecule has 0 saturated heterocycles. The van der Waals surface area contributed by atoms with Gasteiger partial charge in [-0.15, -0.1) is 0 Å². The van der Waals surface area contributed by atoms with E-state index in [-0.39, 0.29) is 17.9 Å². The zero-order valence-electron chi connectivity index (χ0n) is 19.1. The SMILES string of the molecule is Cc1cnc(Nc2ccccc2)nc1-c1c[nH]c(C(=O)O)c1.NC(CO)c1cccc(C(F)(F)F)c1. The van der Waals surface area contributed by atoms with Crippen molar-refractivity contribution in [1.82, 2.24) is 15.0 Å². The molecular formula is C25H24F3N5O3. The maximum Gasteiger partial charge on any atom is 0.416 e. The number of carboxylic acids is 1. The Morgan fingerprint density at radius 1 is 1.14 bits per heavy atom. The molecule has 0 aliphatic heterocycles. The first-order valence-electron chi connectivity index (χ1n) is 10.7. The van der Waals surface area contributed by atoms with Gasteiger partial charge in [-0.05, 0) is 48.4 Å². The van der Waals surface area contributed by atoms with Crippen molar-refractivity contribution in [3.63, 3.8) is 0 Å². The lowest BCUT2D eigenvalue weighted by Crippen LogP contribution is -2.15. The normalized spacial score (nSPS) is 11.8. The van der Waals surface area contributed by atoms with Crippen LogP contribution in [0.5, 0.6) is 0 Å². The number of H-pyrrole nitrogens is 1. The molecule has 0 aliphatic carbocycles. The molecule has 11 heteroatoms. The Balaban J connectivity index is 0.000000223. The van der Waals surface area contributed by atoms with Crippen molar-refractivity contribution in [2.75, 3.05) is 11.9 Å². The molecule has 36 heavy (non-hydrogen) atoms. The summed E-state index contributed by atoms with van der Waals surface area (Å²) in [6.45, 7) is 1.51. The standard InChI is InChI=1S/C16H14N4O2.C9H10F3NO/c1-10-8-18-16(19-12-5-3-2-4-6-12)20-14(10)11-7-13(15(21)22)17-9-11;10-9(11,12)7-3-1-2-6(4-7)8(13)5-14/h2-9,17H,1H3,(H,21,22)(H,18,19,20);1-4,8,14H,5,13H2. The van der Waals surface area contributed by atoms with Crippen LogP contribution >= 0.6 is 0 Å². The van der Waals surface area contributed by atoms with Crippen molar-refractivity contribution < 1.29 is 28.2 Å². The van der Waals surface area contributed by atoms with E-state index < -0.39 is 23.8 Å². The van der Waals surface area contributed by atoms with Crippen LogP contribution in [0.4, 0.5) is 24.8 Å². The van der Waals surface area contributed by atoms with Gasteiger partial charge in [0.15, 0.2) is 0 Å². The first-order chi connectivity index (χ1) is 17.1. The Morgan fingerprint density at radius 2 is 1.86 bits per heavy atom. The highest BCUT2D eigenvalue weighted by Crippen LogP contribution is 2.30. The van der Waals surface area contributed by atoms with Gasteiger partial charge in [-0.3, -0.25) is 0 Å². The molecule has 2 heterocycles. The molecule has 2 aromatic carbocycles. The zero-order chi connectivity index (χ0) is 26.3. The summed E-state index contributed by atoms with van der Waals surface area (Å²) in [5.74, 6) is -0.537. The topological polar surface area (TPSA) is 137 Å². The fraction of sp³-hybridized carbons (Fsp3) is 0.160. The molecule has 1 atom stereocenters. The Labute approximate surface area is 204 Å². The molecule has 0 aliphatic rings. The largest absolute Gasteiger partial charge is 0.477 e. The molecule has 4 rings (SSSR count). The van der Waals surface area contributed by atoms with Crippen LogP contribution < -0.4 is 11.1 Å². The van der Waals surface area contributed by atoms with E-state index in [9.17, 15) is 18.0 Å². The van der Waals surface area contributed by atoms with Crippen molar-refractivity contribution in [1.29, 1.82) is 0 Å². The number of aromatic nitrogens is 3. The summed E-state index contributed by atoms with van der Waals surface area (Å²) in [6, 6.07) is 15.0. The molecule has 0 bridgehead atoms. The molecule has 0 fully saturated rings. The van der Waals surface area contributed by atoms with E-state index >= 15 is 0 Å². The second kappa shape index (κ2) is 11.5. The van der Waals surface area contributed by atoms with Gasteiger partial charge in [0.05, 0.1) is 23.9 Å². The minimum Gasteiger partial charge on any atom is -0.477 e. The van der Waals surface area contributed by atoms with E-state index in [1.54, 1.807) is 18.5 Å². The maximum absolute atomic E-state index is 12.2. The smallest absolute Gasteiger partial charge is 0.416 e. The van der Waals surface area contributed by atoms with E-state index in [2.05, 4.69) is 20.3 Å². The summed E-state index contributed by atoms with van der Waals surface area (Å²) in [5.41, 5.74) is 8.21. The van der Waals surface area contributed by atoms with E-state index in [0.29, 0.717) is 17.2 Å². The lowest BCUT2D eigenvalue weighted by atomic mass is 10.1. The second-order valence-corrected chi connectivity index (χ2v) is 7.74. The third-order valence-corrected chi connectivity index (χ3v) is 5.03. The predicted octanol–water partition coefficient (Wildman–Crippen LogP) is 4.92. The van der Waals surface area contributed by atoms with Gasteiger partial charge < -0.3 is 26.2 Å². The first kappa shape index (κ1) is 26.4. The number of halogens is 3. The highest BCUT2D eigenvalue weighted by Gasteiger charge is 2.30. The number of aryl methyl sites for hydroxylation is 1.